The summed E-state index contributed by atoms with van der Waals surface area (Å²) in [6, 6.07) is 6.44. The van der Waals surface area contributed by atoms with Gasteiger partial charge in [-0.15, -0.1) is 0 Å². The van der Waals surface area contributed by atoms with Crippen molar-refractivity contribution >= 4 is 5.91 Å². The zero-order chi connectivity index (χ0) is 20.3. The van der Waals surface area contributed by atoms with Crippen LogP contribution < -0.4 is 27.0 Å². The van der Waals surface area contributed by atoms with Crippen molar-refractivity contribution < 1.29 is 31.0 Å². The Morgan fingerprint density at radius 2 is 1.86 bits per heavy atom. The van der Waals surface area contributed by atoms with E-state index in [0.29, 0.717) is 23.6 Å². The third-order valence-corrected chi connectivity index (χ3v) is 4.88. The van der Waals surface area contributed by atoms with Gasteiger partial charge in [0.25, 0.3) is 5.91 Å². The number of carbonyl (C=O) groups excluding carboxylic acids is 1. The first-order chi connectivity index (χ1) is 12.7. The number of unbranched alkanes of at least 4 members (excludes halogenated alkanes) is 3. The maximum atomic E-state index is 12.1. The summed E-state index contributed by atoms with van der Waals surface area (Å²) in [5.74, 6) is 1.60. The molecule has 1 aromatic rings. The van der Waals surface area contributed by atoms with Gasteiger partial charge in [0.1, 0.15) is 5.75 Å². The van der Waals surface area contributed by atoms with Gasteiger partial charge in [0.2, 0.25) is 0 Å². The number of nitrogens with one attached hydrogen (secondary N) is 1. The summed E-state index contributed by atoms with van der Waals surface area (Å²) in [7, 11) is 4.23. The van der Waals surface area contributed by atoms with Crippen molar-refractivity contribution in [3.8, 4) is 5.75 Å². The Morgan fingerprint density at radius 1 is 1.14 bits per heavy atom. The molecule has 4 nitrogen and oxygen atoms in total. The summed E-state index contributed by atoms with van der Waals surface area (Å²) < 4.78 is 6.76. The molecular formula is C23H41BrN2O2. The molecule has 0 fully saturated rings. The van der Waals surface area contributed by atoms with Gasteiger partial charge in [-0.05, 0) is 36.5 Å². The fraction of sp³-hybridized carbons (Fsp3) is 0.696. The van der Waals surface area contributed by atoms with Crippen LogP contribution in [0, 0.1) is 6.92 Å². The Hall–Kier alpha value is -1.07. The average Bonchev–Trinajstić information content (AvgIpc) is 2.58. The number of likely N-dealkylation sites (N-methyl/N-ethyl adjacent to an activating group) is 1. The molecule has 162 valence electrons. The molecule has 0 aliphatic heterocycles. The van der Waals surface area contributed by atoms with E-state index >= 15 is 0 Å². The van der Waals surface area contributed by atoms with E-state index in [0.717, 1.165) is 31.7 Å². The van der Waals surface area contributed by atoms with Crippen LogP contribution in [-0.4, -0.2) is 50.7 Å². The SMILES string of the molecule is CCCCCCNC(=O)C[N+](C)(C)CCCOc1cc(C)ccc1C(C)C.[Br-]. The van der Waals surface area contributed by atoms with Gasteiger partial charge in [0, 0.05) is 13.0 Å². The highest BCUT2D eigenvalue weighted by molar-refractivity contribution is 5.76. The minimum atomic E-state index is 0. The summed E-state index contributed by atoms with van der Waals surface area (Å²) in [5.41, 5.74) is 2.48. The molecule has 0 atom stereocenters. The van der Waals surface area contributed by atoms with Crippen LogP contribution in [0.15, 0.2) is 18.2 Å². The molecule has 1 rings (SSSR count). The third kappa shape index (κ3) is 11.1. The van der Waals surface area contributed by atoms with Crippen molar-refractivity contribution in [3.63, 3.8) is 0 Å². The number of hydrogen-bond donors (Lipinski definition) is 1. The molecule has 0 saturated heterocycles. The molecule has 1 N–H and O–H groups in total. The smallest absolute Gasteiger partial charge is 0.275 e. The highest BCUT2D eigenvalue weighted by Gasteiger charge is 2.19. The van der Waals surface area contributed by atoms with Crippen LogP contribution in [0.2, 0.25) is 0 Å². The summed E-state index contributed by atoms with van der Waals surface area (Å²) >= 11 is 0. The Labute approximate surface area is 183 Å². The van der Waals surface area contributed by atoms with E-state index in [9.17, 15) is 4.79 Å². The topological polar surface area (TPSA) is 38.3 Å². The number of amides is 1. The van der Waals surface area contributed by atoms with Crippen LogP contribution in [0.3, 0.4) is 0 Å². The first-order valence-corrected chi connectivity index (χ1v) is 10.6. The summed E-state index contributed by atoms with van der Waals surface area (Å²) in [6.07, 6.45) is 5.68. The number of ether oxygens (including phenoxy) is 1. The number of nitrogens with zero attached hydrogens (tertiary/aromatic N) is 1. The van der Waals surface area contributed by atoms with Crippen LogP contribution in [0.5, 0.6) is 5.75 Å². The second-order valence-electron chi connectivity index (χ2n) is 8.63. The summed E-state index contributed by atoms with van der Waals surface area (Å²) in [4.78, 5) is 12.1. The molecule has 0 unspecified atom stereocenters. The molecule has 0 aliphatic rings. The number of carbonyl (C=O) groups is 1. The monoisotopic (exact) mass is 456 g/mol. The van der Waals surface area contributed by atoms with Crippen molar-refractivity contribution in [1.29, 1.82) is 0 Å². The van der Waals surface area contributed by atoms with Crippen LogP contribution in [0.1, 0.15) is 69.9 Å². The van der Waals surface area contributed by atoms with E-state index in [1.807, 2.05) is 0 Å². The van der Waals surface area contributed by atoms with Crippen molar-refractivity contribution in [2.75, 3.05) is 40.3 Å². The van der Waals surface area contributed by atoms with Crippen molar-refractivity contribution in [2.45, 2.75) is 65.7 Å². The van der Waals surface area contributed by atoms with Gasteiger partial charge in [0.05, 0.1) is 27.2 Å². The Morgan fingerprint density at radius 3 is 2.50 bits per heavy atom. The number of rotatable bonds is 13. The van der Waals surface area contributed by atoms with Crippen LogP contribution in [0.4, 0.5) is 0 Å². The lowest BCUT2D eigenvalue weighted by atomic mass is 10.0. The second-order valence-corrected chi connectivity index (χ2v) is 8.63. The minimum Gasteiger partial charge on any atom is -1.00 e. The predicted molar refractivity (Wildman–Crippen MR) is 114 cm³/mol. The maximum Gasteiger partial charge on any atom is 0.275 e. The minimum absolute atomic E-state index is 0. The number of aryl methyl sites for hydroxylation is 1. The van der Waals surface area contributed by atoms with Crippen molar-refractivity contribution in [3.05, 3.63) is 29.3 Å². The first kappa shape index (κ1) is 26.9. The number of halogens is 1. The number of benzene rings is 1. The first-order valence-electron chi connectivity index (χ1n) is 10.6. The number of hydrogen-bond acceptors (Lipinski definition) is 2. The van der Waals surface area contributed by atoms with E-state index in [2.05, 4.69) is 65.3 Å². The van der Waals surface area contributed by atoms with Crippen LogP contribution in [-0.2, 0) is 4.79 Å². The average molecular weight is 457 g/mol. The fourth-order valence-electron chi connectivity index (χ4n) is 3.22. The lowest BCUT2D eigenvalue weighted by molar-refractivity contribution is -0.882. The van der Waals surface area contributed by atoms with Gasteiger partial charge in [-0.25, -0.2) is 0 Å². The molecule has 0 radical (unpaired) electrons. The van der Waals surface area contributed by atoms with Crippen molar-refractivity contribution in [2.24, 2.45) is 0 Å². The zero-order valence-electron chi connectivity index (χ0n) is 18.8. The maximum absolute atomic E-state index is 12.1. The fourth-order valence-corrected chi connectivity index (χ4v) is 3.22. The predicted octanol–water partition coefficient (Wildman–Crippen LogP) is 1.66. The van der Waals surface area contributed by atoms with Gasteiger partial charge < -0.3 is 31.5 Å². The van der Waals surface area contributed by atoms with Crippen LogP contribution >= 0.6 is 0 Å². The molecule has 0 heterocycles. The molecule has 0 aliphatic carbocycles. The Balaban J connectivity index is 0.00000729. The summed E-state index contributed by atoms with van der Waals surface area (Å²) in [5, 5.41) is 3.05. The Bertz CT molecular complexity index is 574. The largest absolute Gasteiger partial charge is 1.00 e. The molecule has 0 saturated carbocycles. The molecule has 0 spiro atoms. The van der Waals surface area contributed by atoms with E-state index in [-0.39, 0.29) is 22.9 Å². The van der Waals surface area contributed by atoms with E-state index in [1.165, 1.54) is 30.4 Å². The molecule has 0 aromatic heterocycles. The third-order valence-electron chi connectivity index (χ3n) is 4.88. The molecule has 5 heteroatoms. The quantitative estimate of drug-likeness (QED) is 0.362. The normalized spacial score (nSPS) is 11.2. The van der Waals surface area contributed by atoms with Gasteiger partial charge in [-0.3, -0.25) is 4.79 Å². The standard InChI is InChI=1S/C23H40N2O2.BrH/c1-7-8-9-10-14-24-23(26)18-25(5,6)15-11-16-27-22-17-20(4)12-13-21(22)19(2)3;/h12-13,17,19H,7-11,14-16,18H2,1-6H3;1H. The van der Waals surface area contributed by atoms with Crippen LogP contribution in [0.25, 0.3) is 0 Å². The molecule has 1 amide bonds. The lowest BCUT2D eigenvalue weighted by Crippen LogP contribution is -3.00. The summed E-state index contributed by atoms with van der Waals surface area (Å²) in [6.45, 7) is 11.6. The van der Waals surface area contributed by atoms with Gasteiger partial charge >= 0.3 is 0 Å². The van der Waals surface area contributed by atoms with Gasteiger partial charge in [-0.2, -0.15) is 0 Å². The van der Waals surface area contributed by atoms with E-state index < -0.39 is 0 Å². The number of quaternary nitrogens is 1. The van der Waals surface area contributed by atoms with E-state index in [4.69, 9.17) is 4.74 Å². The highest BCUT2D eigenvalue weighted by atomic mass is 79.9. The molecule has 28 heavy (non-hydrogen) atoms. The molecule has 1 aromatic carbocycles. The molecule has 0 bridgehead atoms. The van der Waals surface area contributed by atoms with E-state index in [1.54, 1.807) is 0 Å². The second kappa shape index (κ2) is 14.0. The lowest BCUT2D eigenvalue weighted by Gasteiger charge is -2.29. The molecular weight excluding hydrogens is 416 g/mol. The zero-order valence-corrected chi connectivity index (χ0v) is 20.4. The highest BCUT2D eigenvalue weighted by Crippen LogP contribution is 2.27. The Kier molecular flexibility index (Phi) is 13.5. The van der Waals surface area contributed by atoms with Gasteiger partial charge in [-0.1, -0.05) is 52.2 Å². The van der Waals surface area contributed by atoms with Gasteiger partial charge in [0.15, 0.2) is 6.54 Å². The van der Waals surface area contributed by atoms with Crippen molar-refractivity contribution in [1.82, 2.24) is 5.32 Å².